The van der Waals surface area contributed by atoms with Gasteiger partial charge in [-0.05, 0) is 18.4 Å². The van der Waals surface area contributed by atoms with Gasteiger partial charge in [-0.1, -0.05) is 24.3 Å². The van der Waals surface area contributed by atoms with Crippen molar-refractivity contribution in [3.05, 3.63) is 42.4 Å². The summed E-state index contributed by atoms with van der Waals surface area (Å²) >= 11 is 0. The van der Waals surface area contributed by atoms with Crippen molar-refractivity contribution in [1.29, 1.82) is 0 Å². The van der Waals surface area contributed by atoms with Crippen molar-refractivity contribution in [2.45, 2.75) is 25.0 Å². The first-order chi connectivity index (χ1) is 9.86. The molecule has 0 amide bonds. The number of fused-ring (bicyclic) bond motifs is 3. The molecule has 0 radical (unpaired) electrons. The van der Waals surface area contributed by atoms with Gasteiger partial charge in [0.2, 0.25) is 0 Å². The van der Waals surface area contributed by atoms with Gasteiger partial charge in [-0.25, -0.2) is 4.98 Å². The molecule has 0 bridgehead atoms. The fourth-order valence-corrected chi connectivity index (χ4v) is 3.55. The molecule has 0 spiro atoms. The second kappa shape index (κ2) is 4.72. The fraction of sp³-hybridized carbons (Fsp3) is 0.438. The molecule has 4 nitrogen and oxygen atoms in total. The van der Waals surface area contributed by atoms with Gasteiger partial charge in [-0.2, -0.15) is 0 Å². The normalized spacial score (nSPS) is 28.8. The second-order valence-electron chi connectivity index (χ2n) is 5.67. The average molecular weight is 270 g/mol. The Kier molecular flexibility index (Phi) is 2.86. The van der Waals surface area contributed by atoms with Gasteiger partial charge in [0, 0.05) is 18.1 Å². The lowest BCUT2D eigenvalue weighted by Gasteiger charge is -2.28. The Balaban J connectivity index is 1.81. The number of benzene rings is 1. The lowest BCUT2D eigenvalue weighted by atomic mass is 9.87. The van der Waals surface area contributed by atoms with Crippen LogP contribution in [-0.4, -0.2) is 34.0 Å². The molecular formula is C16H18N2O2. The summed E-state index contributed by atoms with van der Waals surface area (Å²) in [7, 11) is 0. The Hall–Kier alpha value is -1.65. The highest BCUT2D eigenvalue weighted by Crippen LogP contribution is 2.44. The van der Waals surface area contributed by atoms with Gasteiger partial charge in [0.05, 0.1) is 37.0 Å². The van der Waals surface area contributed by atoms with E-state index in [2.05, 4.69) is 33.8 Å². The highest BCUT2D eigenvalue weighted by atomic mass is 16.5. The summed E-state index contributed by atoms with van der Waals surface area (Å²) in [6.07, 6.45) is 5.21. The maximum absolute atomic E-state index is 10.5. The lowest BCUT2D eigenvalue weighted by molar-refractivity contribution is 0.0395. The first kappa shape index (κ1) is 12.1. The van der Waals surface area contributed by atoms with E-state index in [-0.39, 0.29) is 18.1 Å². The zero-order valence-electron chi connectivity index (χ0n) is 11.3. The van der Waals surface area contributed by atoms with Crippen molar-refractivity contribution >= 4 is 0 Å². The maximum atomic E-state index is 10.5. The third-order valence-corrected chi connectivity index (χ3v) is 4.52. The summed E-state index contributed by atoms with van der Waals surface area (Å²) in [5, 5.41) is 10.5. The monoisotopic (exact) mass is 270 g/mol. The number of imidazole rings is 1. The first-order valence-corrected chi connectivity index (χ1v) is 7.23. The molecule has 1 aromatic heterocycles. The molecular weight excluding hydrogens is 252 g/mol. The number of hydrogen-bond acceptors (Lipinski definition) is 3. The SMILES string of the molecule is OC1CCCOCC1[C@@H]1c2ccccc2-c2cncn21. The third kappa shape index (κ3) is 1.72. The molecule has 2 aromatic rings. The van der Waals surface area contributed by atoms with Crippen LogP contribution in [-0.2, 0) is 4.74 Å². The quantitative estimate of drug-likeness (QED) is 0.864. The second-order valence-corrected chi connectivity index (χ2v) is 5.67. The topological polar surface area (TPSA) is 47.3 Å². The number of rotatable bonds is 1. The molecule has 3 atom stereocenters. The minimum atomic E-state index is -0.316. The molecule has 1 saturated heterocycles. The number of aliphatic hydroxyl groups excluding tert-OH is 1. The van der Waals surface area contributed by atoms with Gasteiger partial charge in [-0.15, -0.1) is 0 Å². The molecule has 3 heterocycles. The minimum absolute atomic E-state index is 0.0918. The van der Waals surface area contributed by atoms with Gasteiger partial charge in [0.25, 0.3) is 0 Å². The number of ether oxygens (including phenoxy) is 1. The molecule has 1 N–H and O–H groups in total. The van der Waals surface area contributed by atoms with Gasteiger partial charge in [0.1, 0.15) is 0 Å². The van der Waals surface area contributed by atoms with E-state index < -0.39 is 0 Å². The number of aromatic nitrogens is 2. The van der Waals surface area contributed by atoms with Crippen LogP contribution >= 0.6 is 0 Å². The minimum Gasteiger partial charge on any atom is -0.393 e. The summed E-state index contributed by atoms with van der Waals surface area (Å²) in [6, 6.07) is 8.54. The molecule has 0 aliphatic carbocycles. The predicted octanol–water partition coefficient (Wildman–Crippen LogP) is 2.24. The Morgan fingerprint density at radius 2 is 2.20 bits per heavy atom. The Morgan fingerprint density at radius 3 is 3.15 bits per heavy atom. The van der Waals surface area contributed by atoms with E-state index in [1.54, 1.807) is 0 Å². The van der Waals surface area contributed by atoms with E-state index in [9.17, 15) is 5.11 Å². The Morgan fingerprint density at radius 1 is 1.30 bits per heavy atom. The van der Waals surface area contributed by atoms with E-state index in [1.165, 1.54) is 11.1 Å². The zero-order chi connectivity index (χ0) is 13.5. The molecule has 0 saturated carbocycles. The van der Waals surface area contributed by atoms with Crippen LogP contribution < -0.4 is 0 Å². The summed E-state index contributed by atoms with van der Waals surface area (Å²) in [5.41, 5.74) is 3.65. The predicted molar refractivity (Wildman–Crippen MR) is 75.4 cm³/mol. The van der Waals surface area contributed by atoms with E-state index >= 15 is 0 Å². The Bertz CT molecular complexity index is 622. The molecule has 1 fully saturated rings. The maximum Gasteiger partial charge on any atom is 0.0956 e. The molecule has 2 aliphatic heterocycles. The first-order valence-electron chi connectivity index (χ1n) is 7.23. The average Bonchev–Trinajstić information content (AvgIpc) is 2.97. The standard InChI is InChI=1S/C16H18N2O2/c19-15-6-3-7-20-9-13(15)16-12-5-2-1-4-11(12)14-8-17-10-18(14)16/h1-2,4-5,8,10,13,15-16,19H,3,6-7,9H2/t13?,15?,16-/m0/s1. The van der Waals surface area contributed by atoms with Gasteiger partial charge in [0.15, 0.2) is 0 Å². The zero-order valence-corrected chi connectivity index (χ0v) is 11.3. The van der Waals surface area contributed by atoms with Crippen LogP contribution in [0, 0.1) is 5.92 Å². The van der Waals surface area contributed by atoms with E-state index in [0.29, 0.717) is 6.61 Å². The molecule has 4 rings (SSSR count). The van der Waals surface area contributed by atoms with Crippen LogP contribution in [0.4, 0.5) is 0 Å². The van der Waals surface area contributed by atoms with Crippen molar-refractivity contribution < 1.29 is 9.84 Å². The molecule has 104 valence electrons. The molecule has 2 unspecified atom stereocenters. The number of hydrogen-bond donors (Lipinski definition) is 1. The summed E-state index contributed by atoms with van der Waals surface area (Å²) in [4.78, 5) is 4.28. The van der Waals surface area contributed by atoms with Crippen LogP contribution in [0.3, 0.4) is 0 Å². The van der Waals surface area contributed by atoms with Gasteiger partial charge < -0.3 is 14.4 Å². The third-order valence-electron chi connectivity index (χ3n) is 4.52. The summed E-state index contributed by atoms with van der Waals surface area (Å²) < 4.78 is 7.89. The van der Waals surface area contributed by atoms with Crippen molar-refractivity contribution in [3.8, 4) is 11.3 Å². The Labute approximate surface area is 118 Å². The smallest absolute Gasteiger partial charge is 0.0956 e. The van der Waals surface area contributed by atoms with Crippen LogP contribution in [0.15, 0.2) is 36.8 Å². The van der Waals surface area contributed by atoms with E-state index in [1.807, 2.05) is 12.5 Å². The van der Waals surface area contributed by atoms with Crippen LogP contribution in [0.5, 0.6) is 0 Å². The largest absolute Gasteiger partial charge is 0.393 e. The summed E-state index contributed by atoms with van der Waals surface area (Å²) in [6.45, 7) is 1.36. The van der Waals surface area contributed by atoms with Crippen molar-refractivity contribution in [3.63, 3.8) is 0 Å². The van der Waals surface area contributed by atoms with Crippen molar-refractivity contribution in [1.82, 2.24) is 9.55 Å². The van der Waals surface area contributed by atoms with Crippen molar-refractivity contribution in [2.24, 2.45) is 5.92 Å². The highest BCUT2D eigenvalue weighted by Gasteiger charge is 2.38. The summed E-state index contributed by atoms with van der Waals surface area (Å²) in [5.74, 6) is 0.0918. The highest BCUT2D eigenvalue weighted by molar-refractivity contribution is 5.69. The molecule has 1 aromatic carbocycles. The number of aliphatic hydroxyl groups is 1. The van der Waals surface area contributed by atoms with Crippen molar-refractivity contribution in [2.75, 3.05) is 13.2 Å². The molecule has 4 heteroatoms. The van der Waals surface area contributed by atoms with Gasteiger partial charge in [-0.3, -0.25) is 0 Å². The lowest BCUT2D eigenvalue weighted by Crippen LogP contribution is -2.31. The van der Waals surface area contributed by atoms with E-state index in [4.69, 9.17) is 4.74 Å². The van der Waals surface area contributed by atoms with Gasteiger partial charge >= 0.3 is 0 Å². The van der Waals surface area contributed by atoms with Crippen LogP contribution in [0.1, 0.15) is 24.4 Å². The van der Waals surface area contributed by atoms with Crippen LogP contribution in [0.25, 0.3) is 11.3 Å². The fourth-order valence-electron chi connectivity index (χ4n) is 3.55. The number of nitrogens with zero attached hydrogens (tertiary/aromatic N) is 2. The van der Waals surface area contributed by atoms with Crippen LogP contribution in [0.2, 0.25) is 0 Å². The molecule has 20 heavy (non-hydrogen) atoms. The molecule has 2 aliphatic rings. The van der Waals surface area contributed by atoms with E-state index in [0.717, 1.165) is 25.1 Å².